The van der Waals surface area contributed by atoms with Crippen molar-refractivity contribution < 1.29 is 24.3 Å². The number of amides is 1. The van der Waals surface area contributed by atoms with Crippen LogP contribution in [0.2, 0.25) is 0 Å². The van der Waals surface area contributed by atoms with Gasteiger partial charge in [0.1, 0.15) is 11.6 Å². The van der Waals surface area contributed by atoms with Crippen LogP contribution in [0.5, 0.6) is 0 Å². The SMILES string of the molecule is C#C[C@@]1(O)CC[C@@H]2[C@@H]3CCC4=C/C(=N/OCC(=O)N5CCC[C@H]5C(=O)OC)CC[C@]4(C)[C@@H]3CC[C@@]21C. The van der Waals surface area contributed by atoms with Crippen molar-refractivity contribution in [2.24, 2.45) is 33.7 Å². The van der Waals surface area contributed by atoms with Gasteiger partial charge in [-0.1, -0.05) is 30.5 Å². The molecule has 0 bridgehead atoms. The standard InChI is InChI=1S/C29H40N2O5/c1-5-29(34)15-12-23-21-9-8-19-17-20(10-13-27(19,2)22(21)11-14-28(23,29)3)30-36-18-25(32)31-16-6-7-24(31)26(33)35-4/h1,17,21-24,34H,6-16,18H2,2-4H3/b30-20+/t21-,22-,23-,24+,27+,28+,29-/m1/s1. The number of esters is 1. The summed E-state index contributed by atoms with van der Waals surface area (Å²) in [7, 11) is 1.35. The Hall–Kier alpha value is -2.33. The minimum absolute atomic E-state index is 0.138. The molecule has 5 aliphatic rings. The van der Waals surface area contributed by atoms with Gasteiger partial charge >= 0.3 is 5.97 Å². The summed E-state index contributed by atoms with van der Waals surface area (Å²) in [6, 6.07) is -0.514. The fourth-order valence-corrected chi connectivity index (χ4v) is 8.60. The number of fused-ring (bicyclic) bond motifs is 5. The first-order valence-electron chi connectivity index (χ1n) is 13.6. The lowest BCUT2D eigenvalue weighted by Crippen LogP contribution is -2.54. The van der Waals surface area contributed by atoms with E-state index in [1.807, 2.05) is 0 Å². The second kappa shape index (κ2) is 9.20. The number of terminal acetylenes is 1. The normalized spacial score (nSPS) is 42.6. The molecule has 36 heavy (non-hydrogen) atoms. The third-order valence-corrected chi connectivity index (χ3v) is 10.8. The maximum atomic E-state index is 12.6. The highest BCUT2D eigenvalue weighted by atomic mass is 16.6. The molecule has 0 spiro atoms. The molecule has 1 heterocycles. The van der Waals surface area contributed by atoms with Gasteiger partial charge in [-0.15, -0.1) is 6.42 Å². The predicted octanol–water partition coefficient (Wildman–Crippen LogP) is 3.85. The molecule has 1 amide bonds. The minimum Gasteiger partial charge on any atom is -0.467 e. The van der Waals surface area contributed by atoms with Crippen LogP contribution in [0.3, 0.4) is 0 Å². The molecule has 7 heteroatoms. The fraction of sp³-hybridized carbons (Fsp3) is 0.759. The second-order valence-electron chi connectivity index (χ2n) is 12.1. The van der Waals surface area contributed by atoms with Gasteiger partial charge < -0.3 is 19.6 Å². The molecular formula is C29H40N2O5. The zero-order chi connectivity index (χ0) is 25.7. The van der Waals surface area contributed by atoms with E-state index in [1.54, 1.807) is 4.90 Å². The summed E-state index contributed by atoms with van der Waals surface area (Å²) in [6.45, 7) is 5.03. The van der Waals surface area contributed by atoms with Crippen molar-refractivity contribution in [1.29, 1.82) is 0 Å². The topological polar surface area (TPSA) is 88.4 Å². The Balaban J connectivity index is 1.24. The van der Waals surface area contributed by atoms with Crippen LogP contribution in [0.1, 0.15) is 78.1 Å². The number of likely N-dealkylation sites (tertiary alicyclic amines) is 1. The Kier molecular flexibility index (Phi) is 6.47. The third-order valence-electron chi connectivity index (χ3n) is 10.8. The number of ether oxygens (including phenoxy) is 1. The van der Waals surface area contributed by atoms with Gasteiger partial charge in [-0.25, -0.2) is 4.79 Å². The first-order valence-corrected chi connectivity index (χ1v) is 13.6. The van der Waals surface area contributed by atoms with Crippen LogP contribution in [0, 0.1) is 40.9 Å². The third kappa shape index (κ3) is 3.79. The van der Waals surface area contributed by atoms with Crippen LogP contribution in [0.25, 0.3) is 0 Å². The first kappa shape index (κ1) is 25.3. The molecule has 0 aromatic rings. The van der Waals surface area contributed by atoms with Crippen LogP contribution in [-0.4, -0.2) is 59.5 Å². The maximum absolute atomic E-state index is 12.6. The van der Waals surface area contributed by atoms with E-state index in [1.165, 1.54) is 12.7 Å². The van der Waals surface area contributed by atoms with E-state index in [-0.39, 0.29) is 29.3 Å². The van der Waals surface area contributed by atoms with Gasteiger partial charge in [0.25, 0.3) is 5.91 Å². The smallest absolute Gasteiger partial charge is 0.328 e. The molecule has 7 nitrogen and oxygen atoms in total. The Bertz CT molecular complexity index is 1030. The predicted molar refractivity (Wildman–Crippen MR) is 136 cm³/mol. The molecule has 3 saturated carbocycles. The maximum Gasteiger partial charge on any atom is 0.328 e. The van der Waals surface area contributed by atoms with E-state index in [4.69, 9.17) is 16.0 Å². The molecule has 7 atom stereocenters. The van der Waals surface area contributed by atoms with Crippen molar-refractivity contribution in [2.75, 3.05) is 20.3 Å². The van der Waals surface area contributed by atoms with Crippen molar-refractivity contribution in [2.45, 2.75) is 89.7 Å². The largest absolute Gasteiger partial charge is 0.467 e. The van der Waals surface area contributed by atoms with Gasteiger partial charge in [-0.2, -0.15) is 0 Å². The van der Waals surface area contributed by atoms with Crippen LogP contribution in [0.4, 0.5) is 0 Å². The lowest BCUT2D eigenvalue weighted by atomic mass is 9.46. The Morgan fingerprint density at radius 2 is 1.94 bits per heavy atom. The zero-order valence-corrected chi connectivity index (χ0v) is 21.9. The number of methoxy groups -OCH3 is 1. The van der Waals surface area contributed by atoms with Crippen molar-refractivity contribution in [3.63, 3.8) is 0 Å². The van der Waals surface area contributed by atoms with Crippen molar-refractivity contribution in [3.8, 4) is 12.3 Å². The number of aliphatic hydroxyl groups is 1. The van der Waals surface area contributed by atoms with Gasteiger partial charge in [-0.05, 0) is 93.5 Å². The monoisotopic (exact) mass is 496 g/mol. The molecular weight excluding hydrogens is 456 g/mol. The van der Waals surface area contributed by atoms with Gasteiger partial charge in [0.15, 0.2) is 6.61 Å². The summed E-state index contributed by atoms with van der Waals surface area (Å²) in [5, 5.41) is 15.5. The lowest BCUT2D eigenvalue weighted by molar-refractivity contribution is -0.152. The van der Waals surface area contributed by atoms with E-state index < -0.39 is 11.6 Å². The van der Waals surface area contributed by atoms with E-state index in [9.17, 15) is 14.7 Å². The molecule has 5 rings (SSSR count). The number of allylic oxidation sites excluding steroid dienone is 2. The Morgan fingerprint density at radius 3 is 2.69 bits per heavy atom. The number of carbonyl (C=O) groups is 2. The summed E-state index contributed by atoms with van der Waals surface area (Å²) in [5.41, 5.74) is 1.33. The average molecular weight is 497 g/mol. The molecule has 0 unspecified atom stereocenters. The molecule has 4 fully saturated rings. The number of carbonyl (C=O) groups excluding carboxylic acids is 2. The first-order chi connectivity index (χ1) is 17.2. The Labute approximate surface area is 214 Å². The molecule has 0 aromatic heterocycles. The summed E-state index contributed by atoms with van der Waals surface area (Å²) in [4.78, 5) is 31.6. The van der Waals surface area contributed by atoms with Gasteiger partial charge in [-0.3, -0.25) is 4.79 Å². The second-order valence-corrected chi connectivity index (χ2v) is 12.1. The highest BCUT2D eigenvalue weighted by Gasteiger charge is 2.63. The van der Waals surface area contributed by atoms with Crippen LogP contribution in [-0.2, 0) is 19.2 Å². The molecule has 1 saturated heterocycles. The Morgan fingerprint density at radius 1 is 1.17 bits per heavy atom. The van der Waals surface area contributed by atoms with Crippen molar-refractivity contribution in [1.82, 2.24) is 4.90 Å². The van der Waals surface area contributed by atoms with E-state index >= 15 is 0 Å². The van der Waals surface area contributed by atoms with E-state index in [0.717, 1.165) is 63.5 Å². The summed E-state index contributed by atoms with van der Waals surface area (Å²) in [5.74, 6) is 3.86. The molecule has 4 aliphatic carbocycles. The van der Waals surface area contributed by atoms with E-state index in [0.29, 0.717) is 30.7 Å². The number of rotatable bonds is 4. The number of oxime groups is 1. The summed E-state index contributed by atoms with van der Waals surface area (Å²) in [6.07, 6.45) is 17.3. The number of hydrogen-bond donors (Lipinski definition) is 1. The van der Waals surface area contributed by atoms with Gasteiger partial charge in [0.05, 0.1) is 12.8 Å². The van der Waals surface area contributed by atoms with Crippen LogP contribution >= 0.6 is 0 Å². The number of nitrogens with zero attached hydrogens (tertiary/aromatic N) is 2. The fourth-order valence-electron chi connectivity index (χ4n) is 8.60. The van der Waals surface area contributed by atoms with Crippen LogP contribution < -0.4 is 0 Å². The average Bonchev–Trinajstić information content (AvgIpc) is 3.47. The minimum atomic E-state index is -0.966. The van der Waals surface area contributed by atoms with Crippen molar-refractivity contribution >= 4 is 17.6 Å². The lowest BCUT2D eigenvalue weighted by Gasteiger charge is -2.58. The molecule has 196 valence electrons. The summed E-state index contributed by atoms with van der Waals surface area (Å²) < 4.78 is 4.83. The van der Waals surface area contributed by atoms with Gasteiger partial charge in [0.2, 0.25) is 0 Å². The van der Waals surface area contributed by atoms with Crippen LogP contribution in [0.15, 0.2) is 16.8 Å². The molecule has 0 aromatic carbocycles. The quantitative estimate of drug-likeness (QED) is 0.363. The molecule has 0 radical (unpaired) electrons. The highest BCUT2D eigenvalue weighted by molar-refractivity contribution is 5.96. The van der Waals surface area contributed by atoms with E-state index in [2.05, 4.69) is 31.0 Å². The summed E-state index contributed by atoms with van der Waals surface area (Å²) >= 11 is 0. The zero-order valence-electron chi connectivity index (χ0n) is 21.9. The molecule has 1 aliphatic heterocycles. The highest BCUT2D eigenvalue weighted by Crippen LogP contribution is 2.67. The molecule has 1 N–H and O–H groups in total. The number of hydrogen-bond acceptors (Lipinski definition) is 6. The van der Waals surface area contributed by atoms with Crippen molar-refractivity contribution in [3.05, 3.63) is 11.6 Å². The van der Waals surface area contributed by atoms with Gasteiger partial charge in [0, 0.05) is 12.0 Å².